The molecule has 1 saturated heterocycles. The molecule has 1 aliphatic heterocycles. The number of aliphatic carboxylic acids is 1. The van der Waals surface area contributed by atoms with Crippen molar-refractivity contribution in [3.05, 3.63) is 48.0 Å². The second kappa shape index (κ2) is 6.38. The third kappa shape index (κ3) is 3.51. The largest absolute Gasteiger partial charge is 0.479 e. The number of carbonyl (C=O) groups is 2. The highest BCUT2D eigenvalue weighted by atomic mass is 16.5. The highest BCUT2D eigenvalue weighted by molar-refractivity contribution is 5.85. The number of amides is 1. The molecule has 3 rings (SSSR count). The van der Waals surface area contributed by atoms with Crippen molar-refractivity contribution in [1.82, 2.24) is 4.90 Å². The molecular formula is C18H19NO4. The van der Waals surface area contributed by atoms with E-state index in [0.29, 0.717) is 6.54 Å². The fourth-order valence-electron chi connectivity index (χ4n) is 2.93. The van der Waals surface area contributed by atoms with E-state index in [2.05, 4.69) is 0 Å². The van der Waals surface area contributed by atoms with Crippen molar-refractivity contribution < 1.29 is 19.4 Å². The van der Waals surface area contributed by atoms with Crippen molar-refractivity contribution in [2.24, 2.45) is 0 Å². The van der Waals surface area contributed by atoms with Crippen molar-refractivity contribution in [2.75, 3.05) is 13.1 Å². The number of carbonyl (C=O) groups excluding carboxylic acids is 1. The number of hydrogen-bond donors (Lipinski definition) is 1. The summed E-state index contributed by atoms with van der Waals surface area (Å²) < 4.78 is 5.34. The third-order valence-electron chi connectivity index (χ3n) is 4.06. The number of ether oxygens (including phenoxy) is 1. The Morgan fingerprint density at radius 2 is 1.91 bits per heavy atom. The van der Waals surface area contributed by atoms with Crippen LogP contribution >= 0.6 is 0 Å². The molecule has 1 unspecified atom stereocenters. The van der Waals surface area contributed by atoms with Crippen molar-refractivity contribution in [3.8, 4) is 0 Å². The standard InChI is InChI=1S/C18H19NO4/c1-12-10-19(11-16(23-12)18(21)22)17(20)9-13-6-7-14-4-2-3-5-15(14)8-13/h2-8,12,16H,9-11H2,1H3,(H,21,22)/t12-,16?/m1/s1. The molecule has 0 radical (unpaired) electrons. The van der Waals surface area contributed by atoms with Gasteiger partial charge in [0.2, 0.25) is 5.91 Å². The summed E-state index contributed by atoms with van der Waals surface area (Å²) in [6, 6.07) is 13.9. The molecule has 2 atom stereocenters. The number of fused-ring (bicyclic) bond motifs is 1. The van der Waals surface area contributed by atoms with Crippen LogP contribution in [0, 0.1) is 0 Å². The van der Waals surface area contributed by atoms with Crippen LogP contribution in [0.25, 0.3) is 10.8 Å². The van der Waals surface area contributed by atoms with Gasteiger partial charge in [-0.3, -0.25) is 4.79 Å². The lowest BCUT2D eigenvalue weighted by atomic mass is 10.0. The van der Waals surface area contributed by atoms with Gasteiger partial charge in [0.15, 0.2) is 6.10 Å². The lowest BCUT2D eigenvalue weighted by molar-refractivity contribution is -0.166. The summed E-state index contributed by atoms with van der Waals surface area (Å²) in [5.74, 6) is -1.10. The molecule has 1 aliphatic rings. The maximum absolute atomic E-state index is 12.5. The van der Waals surface area contributed by atoms with Gasteiger partial charge in [0.05, 0.1) is 19.1 Å². The van der Waals surface area contributed by atoms with Crippen LogP contribution in [0.1, 0.15) is 12.5 Å². The van der Waals surface area contributed by atoms with Crippen LogP contribution in [0.15, 0.2) is 42.5 Å². The Bertz CT molecular complexity index is 743. The SMILES string of the molecule is C[C@@H]1CN(C(=O)Cc2ccc3ccccc3c2)CC(C(=O)O)O1. The minimum absolute atomic E-state index is 0.0679. The molecule has 23 heavy (non-hydrogen) atoms. The number of carboxylic acid groups (broad SMARTS) is 1. The van der Waals surface area contributed by atoms with Crippen molar-refractivity contribution in [2.45, 2.75) is 25.6 Å². The molecule has 5 nitrogen and oxygen atoms in total. The Morgan fingerprint density at radius 3 is 2.65 bits per heavy atom. The van der Waals surface area contributed by atoms with E-state index in [1.165, 1.54) is 0 Å². The monoisotopic (exact) mass is 313 g/mol. The summed E-state index contributed by atoms with van der Waals surface area (Å²) in [5, 5.41) is 11.3. The molecule has 120 valence electrons. The molecule has 1 amide bonds. The second-order valence-corrected chi connectivity index (χ2v) is 5.93. The van der Waals surface area contributed by atoms with E-state index in [1.807, 2.05) is 42.5 Å². The Hall–Kier alpha value is -2.40. The minimum atomic E-state index is -1.03. The first-order valence-corrected chi connectivity index (χ1v) is 7.66. The van der Waals surface area contributed by atoms with Gasteiger partial charge in [-0.05, 0) is 23.3 Å². The number of benzene rings is 2. The maximum Gasteiger partial charge on any atom is 0.334 e. The zero-order valence-electron chi connectivity index (χ0n) is 12.9. The van der Waals surface area contributed by atoms with Crippen LogP contribution < -0.4 is 0 Å². The molecular weight excluding hydrogens is 294 g/mol. The molecule has 2 aromatic carbocycles. The van der Waals surface area contributed by atoms with Crippen LogP contribution in [0.4, 0.5) is 0 Å². The molecule has 1 heterocycles. The van der Waals surface area contributed by atoms with Gasteiger partial charge in [0, 0.05) is 6.54 Å². The average molecular weight is 313 g/mol. The topological polar surface area (TPSA) is 66.8 Å². The first kappa shape index (κ1) is 15.5. The maximum atomic E-state index is 12.5. The van der Waals surface area contributed by atoms with Crippen molar-refractivity contribution in [1.29, 1.82) is 0 Å². The van der Waals surface area contributed by atoms with Gasteiger partial charge in [-0.1, -0.05) is 42.5 Å². The van der Waals surface area contributed by atoms with Gasteiger partial charge in [0.25, 0.3) is 0 Å². The van der Waals surface area contributed by atoms with Gasteiger partial charge < -0.3 is 14.7 Å². The van der Waals surface area contributed by atoms with Gasteiger partial charge in [0.1, 0.15) is 0 Å². The fraction of sp³-hybridized carbons (Fsp3) is 0.333. The summed E-state index contributed by atoms with van der Waals surface area (Å²) in [4.78, 5) is 25.2. The zero-order chi connectivity index (χ0) is 16.4. The second-order valence-electron chi connectivity index (χ2n) is 5.93. The quantitative estimate of drug-likeness (QED) is 0.942. The number of morpholine rings is 1. The van der Waals surface area contributed by atoms with Crippen LogP contribution in [-0.4, -0.2) is 47.2 Å². The highest BCUT2D eigenvalue weighted by Crippen LogP contribution is 2.18. The third-order valence-corrected chi connectivity index (χ3v) is 4.06. The van der Waals surface area contributed by atoms with Gasteiger partial charge in [-0.2, -0.15) is 0 Å². The lowest BCUT2D eigenvalue weighted by Gasteiger charge is -2.35. The van der Waals surface area contributed by atoms with Crippen LogP contribution in [0.2, 0.25) is 0 Å². The first-order valence-electron chi connectivity index (χ1n) is 7.66. The Balaban J connectivity index is 1.73. The fourth-order valence-corrected chi connectivity index (χ4v) is 2.93. The number of hydrogen-bond acceptors (Lipinski definition) is 3. The number of rotatable bonds is 3. The predicted molar refractivity (Wildman–Crippen MR) is 86.2 cm³/mol. The molecule has 0 aromatic heterocycles. The normalized spacial score (nSPS) is 21.3. The van der Waals surface area contributed by atoms with Crippen molar-refractivity contribution in [3.63, 3.8) is 0 Å². The Labute approximate surface area is 134 Å². The molecule has 1 fully saturated rings. The zero-order valence-corrected chi connectivity index (χ0v) is 12.9. The van der Waals surface area contributed by atoms with Crippen molar-refractivity contribution >= 4 is 22.6 Å². The van der Waals surface area contributed by atoms with E-state index in [-0.39, 0.29) is 25.0 Å². The summed E-state index contributed by atoms with van der Waals surface area (Å²) in [7, 11) is 0. The van der Waals surface area contributed by atoms with Gasteiger partial charge in [-0.25, -0.2) is 4.79 Å². The predicted octanol–water partition coefficient (Wildman–Crippen LogP) is 2.08. The van der Waals surface area contributed by atoms with Crippen LogP contribution in [-0.2, 0) is 20.7 Å². The van der Waals surface area contributed by atoms with Crippen LogP contribution in [0.3, 0.4) is 0 Å². The Morgan fingerprint density at radius 1 is 1.17 bits per heavy atom. The lowest BCUT2D eigenvalue weighted by Crippen LogP contribution is -2.52. The van der Waals surface area contributed by atoms with E-state index in [1.54, 1.807) is 11.8 Å². The van der Waals surface area contributed by atoms with E-state index < -0.39 is 12.1 Å². The smallest absolute Gasteiger partial charge is 0.334 e. The highest BCUT2D eigenvalue weighted by Gasteiger charge is 2.32. The molecule has 1 N–H and O–H groups in total. The van der Waals surface area contributed by atoms with Gasteiger partial charge in [-0.15, -0.1) is 0 Å². The number of carboxylic acids is 1. The molecule has 0 aliphatic carbocycles. The molecule has 0 bridgehead atoms. The van der Waals surface area contributed by atoms with Gasteiger partial charge >= 0.3 is 5.97 Å². The first-order chi connectivity index (χ1) is 11.0. The summed E-state index contributed by atoms with van der Waals surface area (Å²) in [5.41, 5.74) is 0.930. The van der Waals surface area contributed by atoms with E-state index in [9.17, 15) is 9.59 Å². The molecule has 0 saturated carbocycles. The summed E-state index contributed by atoms with van der Waals surface area (Å²) >= 11 is 0. The average Bonchev–Trinajstić information content (AvgIpc) is 2.54. The minimum Gasteiger partial charge on any atom is -0.479 e. The molecule has 0 spiro atoms. The van der Waals surface area contributed by atoms with E-state index in [0.717, 1.165) is 16.3 Å². The van der Waals surface area contributed by atoms with E-state index >= 15 is 0 Å². The molecule has 5 heteroatoms. The molecule has 2 aromatic rings. The summed E-state index contributed by atoms with van der Waals surface area (Å²) in [6.07, 6.45) is -0.950. The number of nitrogens with zero attached hydrogens (tertiary/aromatic N) is 1. The van der Waals surface area contributed by atoms with E-state index in [4.69, 9.17) is 9.84 Å². The Kier molecular flexibility index (Phi) is 4.30. The summed E-state index contributed by atoms with van der Waals surface area (Å²) in [6.45, 7) is 2.31. The van der Waals surface area contributed by atoms with Crippen LogP contribution in [0.5, 0.6) is 0 Å².